The number of aryl methyl sites for hydroxylation is 1. The number of rotatable bonds is 3. The maximum absolute atomic E-state index is 11.5. The number of hydrogen-bond acceptors (Lipinski definition) is 4. The van der Waals surface area contributed by atoms with Crippen LogP contribution in [0.2, 0.25) is 0 Å². The highest BCUT2D eigenvalue weighted by Gasteiger charge is 2.32. The molecule has 0 aromatic heterocycles. The molecule has 110 valence electrons. The highest BCUT2D eigenvalue weighted by molar-refractivity contribution is 7.99. The summed E-state index contributed by atoms with van der Waals surface area (Å²) in [4.78, 5) is 11.5. The molecule has 1 fully saturated rings. The van der Waals surface area contributed by atoms with E-state index in [0.717, 1.165) is 17.0 Å². The molecule has 1 aliphatic heterocycles. The van der Waals surface area contributed by atoms with E-state index in [4.69, 9.17) is 4.74 Å². The van der Waals surface area contributed by atoms with Gasteiger partial charge in [-0.1, -0.05) is 13.8 Å². The number of esters is 1. The molecule has 1 unspecified atom stereocenters. The zero-order valence-corrected chi connectivity index (χ0v) is 13.5. The molecule has 1 N–H and O–H groups in total. The Bertz CT molecular complexity index is 499. The fourth-order valence-corrected chi connectivity index (χ4v) is 4.04. The summed E-state index contributed by atoms with van der Waals surface area (Å²) in [6.45, 7) is 6.67. The van der Waals surface area contributed by atoms with E-state index in [9.17, 15) is 4.79 Å². The van der Waals surface area contributed by atoms with E-state index in [0.29, 0.717) is 17.0 Å². The van der Waals surface area contributed by atoms with Crippen molar-refractivity contribution in [2.45, 2.75) is 33.2 Å². The second-order valence-corrected chi connectivity index (χ2v) is 7.18. The Morgan fingerprint density at radius 1 is 1.45 bits per heavy atom. The van der Waals surface area contributed by atoms with Crippen molar-refractivity contribution in [1.29, 1.82) is 0 Å². The Morgan fingerprint density at radius 2 is 2.20 bits per heavy atom. The summed E-state index contributed by atoms with van der Waals surface area (Å²) in [5.74, 6) is 2.09. The van der Waals surface area contributed by atoms with Gasteiger partial charge in [0.15, 0.2) is 0 Å². The maximum atomic E-state index is 11.5. The molecule has 0 spiro atoms. The fraction of sp³-hybridized carbons (Fsp3) is 0.562. The first-order chi connectivity index (χ1) is 9.44. The molecule has 3 nitrogen and oxygen atoms in total. The van der Waals surface area contributed by atoms with Crippen LogP contribution in [0.4, 0.5) is 5.69 Å². The molecule has 1 saturated heterocycles. The molecule has 1 aliphatic rings. The first-order valence-electron chi connectivity index (χ1n) is 6.97. The van der Waals surface area contributed by atoms with Crippen LogP contribution in [0.15, 0.2) is 18.2 Å². The molecule has 4 heteroatoms. The smallest absolute Gasteiger partial charge is 0.337 e. The molecule has 1 aromatic rings. The topological polar surface area (TPSA) is 38.3 Å². The van der Waals surface area contributed by atoms with Crippen molar-refractivity contribution in [3.63, 3.8) is 0 Å². The predicted molar refractivity (Wildman–Crippen MR) is 85.7 cm³/mol. The molecular weight excluding hydrogens is 270 g/mol. The average Bonchev–Trinajstić information content (AvgIpc) is 2.42. The zero-order valence-electron chi connectivity index (χ0n) is 12.7. The molecule has 0 aliphatic carbocycles. The first kappa shape index (κ1) is 15.2. The molecule has 2 rings (SSSR count). The van der Waals surface area contributed by atoms with Crippen LogP contribution in [0.1, 0.15) is 36.2 Å². The van der Waals surface area contributed by atoms with Crippen molar-refractivity contribution >= 4 is 23.4 Å². The van der Waals surface area contributed by atoms with Gasteiger partial charge in [-0.3, -0.25) is 0 Å². The number of hydrogen-bond donors (Lipinski definition) is 1. The normalized spacial score (nSPS) is 21.3. The minimum Gasteiger partial charge on any atom is -0.465 e. The van der Waals surface area contributed by atoms with Crippen molar-refractivity contribution in [3.8, 4) is 0 Å². The largest absolute Gasteiger partial charge is 0.465 e. The number of carbonyl (C=O) groups excluding carboxylic acids is 1. The summed E-state index contributed by atoms with van der Waals surface area (Å²) in [7, 11) is 1.41. The van der Waals surface area contributed by atoms with Gasteiger partial charge in [0.1, 0.15) is 0 Å². The van der Waals surface area contributed by atoms with Crippen molar-refractivity contribution in [1.82, 2.24) is 0 Å². The fourth-order valence-electron chi connectivity index (χ4n) is 2.43. The van der Waals surface area contributed by atoms with Gasteiger partial charge < -0.3 is 10.1 Å². The predicted octanol–water partition coefficient (Wildman–Crippen LogP) is 3.73. The summed E-state index contributed by atoms with van der Waals surface area (Å²) >= 11 is 2.01. The molecule has 0 saturated carbocycles. The third-order valence-corrected chi connectivity index (χ3v) is 5.16. The highest BCUT2D eigenvalue weighted by atomic mass is 32.2. The molecule has 20 heavy (non-hydrogen) atoms. The molecule has 0 amide bonds. The summed E-state index contributed by atoms with van der Waals surface area (Å²) < 4.78 is 4.75. The summed E-state index contributed by atoms with van der Waals surface area (Å²) in [6.07, 6.45) is 1.23. The Balaban J connectivity index is 2.15. The lowest BCUT2D eigenvalue weighted by Crippen LogP contribution is -2.41. The van der Waals surface area contributed by atoms with Crippen LogP contribution >= 0.6 is 11.8 Å². The molecule has 0 bridgehead atoms. The lowest BCUT2D eigenvalue weighted by atomic mass is 9.82. The average molecular weight is 293 g/mol. The quantitative estimate of drug-likeness (QED) is 0.862. The zero-order chi connectivity index (χ0) is 14.8. The minimum atomic E-state index is -0.284. The van der Waals surface area contributed by atoms with E-state index in [2.05, 4.69) is 19.2 Å². The third-order valence-electron chi connectivity index (χ3n) is 4.10. The van der Waals surface area contributed by atoms with Gasteiger partial charge in [0, 0.05) is 17.5 Å². The van der Waals surface area contributed by atoms with Crippen molar-refractivity contribution in [3.05, 3.63) is 29.3 Å². The Hall–Kier alpha value is -1.16. The van der Waals surface area contributed by atoms with Gasteiger partial charge in [-0.2, -0.15) is 11.8 Å². The van der Waals surface area contributed by atoms with E-state index in [1.807, 2.05) is 36.9 Å². The van der Waals surface area contributed by atoms with E-state index in [1.165, 1.54) is 19.3 Å². The van der Waals surface area contributed by atoms with Crippen molar-refractivity contribution < 1.29 is 9.53 Å². The number of methoxy groups -OCH3 is 1. The minimum absolute atomic E-state index is 0.284. The monoisotopic (exact) mass is 293 g/mol. The Labute approximate surface area is 125 Å². The van der Waals surface area contributed by atoms with E-state index < -0.39 is 0 Å². The van der Waals surface area contributed by atoms with E-state index in [1.54, 1.807) is 0 Å². The number of benzene rings is 1. The highest BCUT2D eigenvalue weighted by Crippen LogP contribution is 2.36. The summed E-state index contributed by atoms with van der Waals surface area (Å²) in [6, 6.07) is 6.15. The molecule has 1 aromatic carbocycles. The maximum Gasteiger partial charge on any atom is 0.337 e. The number of carbonyl (C=O) groups is 1. The lowest BCUT2D eigenvalue weighted by molar-refractivity contribution is 0.0600. The SMILES string of the molecule is COC(=O)c1ccc(NC2CSCCC2(C)C)c(C)c1. The van der Waals surface area contributed by atoms with Gasteiger partial charge in [-0.25, -0.2) is 4.79 Å². The van der Waals surface area contributed by atoms with Gasteiger partial charge in [0.2, 0.25) is 0 Å². The van der Waals surface area contributed by atoms with E-state index >= 15 is 0 Å². The Morgan fingerprint density at radius 3 is 2.80 bits per heavy atom. The first-order valence-corrected chi connectivity index (χ1v) is 8.13. The van der Waals surface area contributed by atoms with Gasteiger partial charge >= 0.3 is 5.97 Å². The van der Waals surface area contributed by atoms with Crippen LogP contribution in [0.5, 0.6) is 0 Å². The Kier molecular flexibility index (Phi) is 4.63. The van der Waals surface area contributed by atoms with Crippen LogP contribution < -0.4 is 5.32 Å². The van der Waals surface area contributed by atoms with Crippen molar-refractivity contribution in [2.75, 3.05) is 23.9 Å². The van der Waals surface area contributed by atoms with Gasteiger partial charge in [-0.15, -0.1) is 0 Å². The number of ether oxygens (including phenoxy) is 1. The molecule has 1 heterocycles. The van der Waals surface area contributed by atoms with Crippen LogP contribution in [0, 0.1) is 12.3 Å². The summed E-state index contributed by atoms with van der Waals surface area (Å²) in [5.41, 5.74) is 3.10. The third kappa shape index (κ3) is 3.29. The van der Waals surface area contributed by atoms with Gasteiger partial charge in [-0.05, 0) is 48.3 Å². The lowest BCUT2D eigenvalue weighted by Gasteiger charge is -2.39. The number of anilines is 1. The number of nitrogens with one attached hydrogen (secondary N) is 1. The van der Waals surface area contributed by atoms with Crippen LogP contribution in [0.3, 0.4) is 0 Å². The molecule has 1 atom stereocenters. The van der Waals surface area contributed by atoms with Crippen molar-refractivity contribution in [2.24, 2.45) is 5.41 Å². The molecular formula is C16H23NO2S. The van der Waals surface area contributed by atoms with Gasteiger partial charge in [0.25, 0.3) is 0 Å². The van der Waals surface area contributed by atoms with E-state index in [-0.39, 0.29) is 5.97 Å². The summed E-state index contributed by atoms with van der Waals surface area (Å²) in [5, 5.41) is 3.65. The molecule has 0 radical (unpaired) electrons. The standard InChI is InChI=1S/C16H23NO2S/c1-11-9-12(15(18)19-4)5-6-13(11)17-14-10-20-8-7-16(14,2)3/h5-6,9,14,17H,7-8,10H2,1-4H3. The second-order valence-electron chi connectivity index (χ2n) is 6.03. The number of thioether (sulfide) groups is 1. The van der Waals surface area contributed by atoms with Crippen LogP contribution in [0.25, 0.3) is 0 Å². The van der Waals surface area contributed by atoms with Crippen LogP contribution in [-0.4, -0.2) is 30.6 Å². The van der Waals surface area contributed by atoms with Crippen LogP contribution in [-0.2, 0) is 4.74 Å². The second kappa shape index (κ2) is 6.08. The van der Waals surface area contributed by atoms with Gasteiger partial charge in [0.05, 0.1) is 12.7 Å².